The third-order valence-corrected chi connectivity index (χ3v) is 2.97. The molecule has 0 unspecified atom stereocenters. The standard InChI is InChI=1S/C15H12N2O/c1-11-2-5-13(6-3-11)15-8-14-7-4-12(10-18)9-17(14)16-15/h2-10H,1H3. The number of fused-ring (bicyclic) bond motifs is 1. The van der Waals surface area contributed by atoms with E-state index < -0.39 is 0 Å². The zero-order valence-corrected chi connectivity index (χ0v) is 10.00. The topological polar surface area (TPSA) is 34.4 Å². The van der Waals surface area contributed by atoms with Crippen LogP contribution in [0.1, 0.15) is 15.9 Å². The van der Waals surface area contributed by atoms with Gasteiger partial charge in [-0.3, -0.25) is 4.79 Å². The summed E-state index contributed by atoms with van der Waals surface area (Å²) in [5.41, 5.74) is 4.83. The van der Waals surface area contributed by atoms with E-state index in [1.807, 2.05) is 12.1 Å². The molecule has 0 amide bonds. The fraction of sp³-hybridized carbons (Fsp3) is 0.0667. The summed E-state index contributed by atoms with van der Waals surface area (Å²) in [4.78, 5) is 10.7. The average Bonchev–Trinajstić information content (AvgIpc) is 2.82. The Morgan fingerprint density at radius 1 is 1.11 bits per heavy atom. The summed E-state index contributed by atoms with van der Waals surface area (Å²) in [6.45, 7) is 2.06. The van der Waals surface area contributed by atoms with Crippen molar-refractivity contribution in [1.82, 2.24) is 9.61 Å². The van der Waals surface area contributed by atoms with Gasteiger partial charge in [0, 0.05) is 17.3 Å². The molecule has 3 aromatic rings. The van der Waals surface area contributed by atoms with Gasteiger partial charge in [0.15, 0.2) is 6.29 Å². The quantitative estimate of drug-likeness (QED) is 0.641. The van der Waals surface area contributed by atoms with Crippen molar-refractivity contribution >= 4 is 11.8 Å². The summed E-state index contributed by atoms with van der Waals surface area (Å²) < 4.78 is 1.74. The first-order valence-electron chi connectivity index (χ1n) is 5.78. The molecule has 2 aromatic heterocycles. The van der Waals surface area contributed by atoms with Crippen LogP contribution in [0.4, 0.5) is 0 Å². The van der Waals surface area contributed by atoms with Crippen LogP contribution in [-0.2, 0) is 0 Å². The lowest BCUT2D eigenvalue weighted by molar-refractivity contribution is 0.112. The van der Waals surface area contributed by atoms with Gasteiger partial charge in [0.1, 0.15) is 0 Å². The minimum Gasteiger partial charge on any atom is -0.298 e. The monoisotopic (exact) mass is 236 g/mol. The fourth-order valence-electron chi connectivity index (χ4n) is 1.94. The normalized spacial score (nSPS) is 10.7. The van der Waals surface area contributed by atoms with Gasteiger partial charge in [0.2, 0.25) is 0 Å². The summed E-state index contributed by atoms with van der Waals surface area (Å²) in [5.74, 6) is 0. The van der Waals surface area contributed by atoms with Crippen molar-refractivity contribution in [3.05, 3.63) is 59.8 Å². The maximum absolute atomic E-state index is 10.7. The number of aromatic nitrogens is 2. The largest absolute Gasteiger partial charge is 0.298 e. The molecular formula is C15H12N2O. The Kier molecular flexibility index (Phi) is 2.45. The molecule has 3 heteroatoms. The van der Waals surface area contributed by atoms with Crippen LogP contribution in [0.2, 0.25) is 0 Å². The van der Waals surface area contributed by atoms with Gasteiger partial charge in [0.05, 0.1) is 11.2 Å². The van der Waals surface area contributed by atoms with Gasteiger partial charge in [-0.1, -0.05) is 29.8 Å². The van der Waals surface area contributed by atoms with Crippen molar-refractivity contribution in [3.63, 3.8) is 0 Å². The zero-order valence-electron chi connectivity index (χ0n) is 10.00. The lowest BCUT2D eigenvalue weighted by Crippen LogP contribution is -1.90. The number of hydrogen-bond acceptors (Lipinski definition) is 2. The molecule has 0 saturated heterocycles. The molecule has 3 rings (SSSR count). The predicted molar refractivity (Wildman–Crippen MR) is 70.8 cm³/mol. The van der Waals surface area contributed by atoms with E-state index in [-0.39, 0.29) is 0 Å². The Bertz CT molecular complexity index is 711. The number of benzene rings is 1. The number of aldehydes is 1. The van der Waals surface area contributed by atoms with E-state index >= 15 is 0 Å². The Morgan fingerprint density at radius 2 is 1.89 bits per heavy atom. The Balaban J connectivity index is 2.12. The SMILES string of the molecule is Cc1ccc(-c2cc3ccc(C=O)cn3n2)cc1. The number of carbonyl (C=O) groups is 1. The number of hydrogen-bond donors (Lipinski definition) is 0. The lowest BCUT2D eigenvalue weighted by atomic mass is 10.1. The first kappa shape index (κ1) is 10.7. The van der Waals surface area contributed by atoms with Crippen molar-refractivity contribution in [3.8, 4) is 11.3 Å². The smallest absolute Gasteiger partial charge is 0.151 e. The highest BCUT2D eigenvalue weighted by molar-refractivity contribution is 5.76. The maximum Gasteiger partial charge on any atom is 0.151 e. The molecule has 0 atom stereocenters. The Morgan fingerprint density at radius 3 is 2.61 bits per heavy atom. The first-order valence-corrected chi connectivity index (χ1v) is 5.78. The molecular weight excluding hydrogens is 224 g/mol. The van der Waals surface area contributed by atoms with E-state index in [0.717, 1.165) is 23.1 Å². The molecule has 0 N–H and O–H groups in total. The first-order chi connectivity index (χ1) is 8.76. The van der Waals surface area contributed by atoms with Crippen molar-refractivity contribution < 1.29 is 4.79 Å². The summed E-state index contributed by atoms with van der Waals surface area (Å²) in [7, 11) is 0. The van der Waals surface area contributed by atoms with Gasteiger partial charge >= 0.3 is 0 Å². The van der Waals surface area contributed by atoms with Gasteiger partial charge < -0.3 is 0 Å². The van der Waals surface area contributed by atoms with Gasteiger partial charge in [-0.25, -0.2) is 4.52 Å². The lowest BCUT2D eigenvalue weighted by Gasteiger charge is -1.96. The van der Waals surface area contributed by atoms with Crippen LogP contribution in [0.3, 0.4) is 0 Å². The highest BCUT2D eigenvalue weighted by Gasteiger charge is 2.04. The summed E-state index contributed by atoms with van der Waals surface area (Å²) in [6, 6.07) is 13.9. The summed E-state index contributed by atoms with van der Waals surface area (Å²) >= 11 is 0. The average molecular weight is 236 g/mol. The summed E-state index contributed by atoms with van der Waals surface area (Å²) in [5, 5.41) is 4.48. The molecule has 0 radical (unpaired) electrons. The number of pyridine rings is 1. The molecule has 88 valence electrons. The van der Waals surface area contributed by atoms with E-state index in [1.54, 1.807) is 16.8 Å². The molecule has 1 aromatic carbocycles. The highest BCUT2D eigenvalue weighted by atomic mass is 16.1. The van der Waals surface area contributed by atoms with Crippen LogP contribution >= 0.6 is 0 Å². The zero-order chi connectivity index (χ0) is 12.5. The van der Waals surface area contributed by atoms with Gasteiger partial charge in [-0.05, 0) is 25.1 Å². The molecule has 0 aliphatic heterocycles. The van der Waals surface area contributed by atoms with Crippen LogP contribution in [0.5, 0.6) is 0 Å². The van der Waals surface area contributed by atoms with Crippen molar-refractivity contribution in [2.45, 2.75) is 6.92 Å². The highest BCUT2D eigenvalue weighted by Crippen LogP contribution is 2.20. The number of carbonyl (C=O) groups excluding carboxylic acids is 1. The maximum atomic E-state index is 10.7. The second-order valence-electron chi connectivity index (χ2n) is 4.35. The molecule has 18 heavy (non-hydrogen) atoms. The van der Waals surface area contributed by atoms with Crippen molar-refractivity contribution in [2.24, 2.45) is 0 Å². The number of rotatable bonds is 2. The van der Waals surface area contributed by atoms with Crippen LogP contribution in [-0.4, -0.2) is 15.9 Å². The molecule has 0 spiro atoms. The van der Waals surface area contributed by atoms with Gasteiger partial charge in [0.25, 0.3) is 0 Å². The molecule has 3 nitrogen and oxygen atoms in total. The number of nitrogens with zero attached hydrogens (tertiary/aromatic N) is 2. The van der Waals surface area contributed by atoms with Crippen LogP contribution in [0.25, 0.3) is 16.8 Å². The van der Waals surface area contributed by atoms with E-state index in [2.05, 4.69) is 36.3 Å². The van der Waals surface area contributed by atoms with E-state index in [9.17, 15) is 4.79 Å². The van der Waals surface area contributed by atoms with Crippen molar-refractivity contribution in [2.75, 3.05) is 0 Å². The minimum absolute atomic E-state index is 0.626. The predicted octanol–water partition coefficient (Wildman–Crippen LogP) is 3.12. The van der Waals surface area contributed by atoms with Crippen LogP contribution < -0.4 is 0 Å². The minimum atomic E-state index is 0.626. The third kappa shape index (κ3) is 1.80. The Labute approximate surface area is 105 Å². The third-order valence-electron chi connectivity index (χ3n) is 2.97. The van der Waals surface area contributed by atoms with E-state index in [0.29, 0.717) is 5.56 Å². The van der Waals surface area contributed by atoms with Crippen LogP contribution in [0, 0.1) is 6.92 Å². The molecule has 2 heterocycles. The second kappa shape index (κ2) is 4.11. The molecule has 0 fully saturated rings. The van der Waals surface area contributed by atoms with Crippen LogP contribution in [0.15, 0.2) is 48.7 Å². The van der Waals surface area contributed by atoms with Crippen molar-refractivity contribution in [1.29, 1.82) is 0 Å². The van der Waals surface area contributed by atoms with E-state index in [1.165, 1.54) is 5.56 Å². The summed E-state index contributed by atoms with van der Waals surface area (Å²) in [6.07, 6.45) is 2.56. The molecule has 0 aliphatic rings. The molecule has 0 bridgehead atoms. The van der Waals surface area contributed by atoms with E-state index in [4.69, 9.17) is 0 Å². The fourth-order valence-corrected chi connectivity index (χ4v) is 1.94. The number of aryl methyl sites for hydroxylation is 1. The Hall–Kier alpha value is -2.42. The molecule has 0 saturated carbocycles. The molecule has 0 aliphatic carbocycles. The second-order valence-corrected chi connectivity index (χ2v) is 4.35. The van der Waals surface area contributed by atoms with Gasteiger partial charge in [-0.15, -0.1) is 0 Å². The van der Waals surface area contributed by atoms with Gasteiger partial charge in [-0.2, -0.15) is 5.10 Å².